The van der Waals surface area contributed by atoms with Gasteiger partial charge in [0, 0.05) is 6.42 Å². The smallest absolute Gasteiger partial charge is 0.0854 e. The van der Waals surface area contributed by atoms with Crippen molar-refractivity contribution >= 4 is 0 Å². The molecule has 0 radical (unpaired) electrons. The summed E-state index contributed by atoms with van der Waals surface area (Å²) in [5.41, 5.74) is 1.29. The number of hydrogen-bond donors (Lipinski definition) is 1. The molecule has 0 saturated heterocycles. The minimum atomic E-state index is 0.271. The van der Waals surface area contributed by atoms with Crippen LogP contribution in [0.15, 0.2) is 24.0 Å². The van der Waals surface area contributed by atoms with Crippen molar-refractivity contribution < 1.29 is 5.11 Å². The molecule has 0 aliphatic rings. The van der Waals surface area contributed by atoms with Crippen LogP contribution in [0, 0.1) is 0 Å². The van der Waals surface area contributed by atoms with Gasteiger partial charge in [-0.05, 0) is 20.3 Å². The molecule has 0 spiro atoms. The molecular formula is C8H14O. The van der Waals surface area contributed by atoms with Crippen molar-refractivity contribution in [2.24, 2.45) is 0 Å². The van der Waals surface area contributed by atoms with Crippen molar-refractivity contribution in [2.75, 3.05) is 0 Å². The maximum absolute atomic E-state index is 8.64. The zero-order valence-electron chi connectivity index (χ0n) is 6.15. The Kier molecular flexibility index (Phi) is 3.85. The van der Waals surface area contributed by atoms with Gasteiger partial charge in [0.1, 0.15) is 0 Å². The molecule has 52 valence electrons. The van der Waals surface area contributed by atoms with E-state index in [0.717, 1.165) is 6.42 Å². The van der Waals surface area contributed by atoms with Gasteiger partial charge >= 0.3 is 0 Å². The van der Waals surface area contributed by atoms with Crippen molar-refractivity contribution in [3.63, 3.8) is 0 Å². The molecule has 0 aliphatic carbocycles. The maximum atomic E-state index is 8.64. The highest BCUT2D eigenvalue weighted by Crippen LogP contribution is 2.01. The van der Waals surface area contributed by atoms with Gasteiger partial charge in [0.2, 0.25) is 0 Å². The molecule has 0 unspecified atom stereocenters. The summed E-state index contributed by atoms with van der Waals surface area (Å²) < 4.78 is 0. The fourth-order valence-electron chi connectivity index (χ4n) is 0.527. The molecule has 0 aromatic carbocycles. The van der Waals surface area contributed by atoms with E-state index in [2.05, 4.69) is 12.7 Å². The van der Waals surface area contributed by atoms with Crippen LogP contribution in [-0.4, -0.2) is 5.11 Å². The Bertz CT molecular complexity index is 119. The predicted octanol–water partition coefficient (Wildman–Crippen LogP) is 2.80. The van der Waals surface area contributed by atoms with Gasteiger partial charge in [-0.25, -0.2) is 0 Å². The molecule has 1 N–H and O–H groups in total. The van der Waals surface area contributed by atoms with E-state index < -0.39 is 0 Å². The molecule has 1 nitrogen and oxygen atoms in total. The van der Waals surface area contributed by atoms with Crippen molar-refractivity contribution in [1.82, 2.24) is 0 Å². The standard InChI is InChI=1S/C8H14O/c1-7(2)5-4-6-8(3)9/h5,9H,3-4,6H2,1-2H3. The normalized spacial score (nSPS) is 8.67. The van der Waals surface area contributed by atoms with E-state index in [0.29, 0.717) is 6.42 Å². The lowest BCUT2D eigenvalue weighted by atomic mass is 10.2. The van der Waals surface area contributed by atoms with Crippen molar-refractivity contribution in [2.45, 2.75) is 26.7 Å². The van der Waals surface area contributed by atoms with Crippen LogP contribution in [0.25, 0.3) is 0 Å². The van der Waals surface area contributed by atoms with E-state index in [1.165, 1.54) is 5.57 Å². The van der Waals surface area contributed by atoms with Crippen LogP contribution in [0.2, 0.25) is 0 Å². The topological polar surface area (TPSA) is 20.2 Å². The zero-order chi connectivity index (χ0) is 7.28. The summed E-state index contributed by atoms with van der Waals surface area (Å²) in [6.45, 7) is 7.46. The number of aliphatic hydroxyl groups excluding tert-OH is 1. The second-order valence-corrected chi connectivity index (χ2v) is 2.39. The van der Waals surface area contributed by atoms with E-state index in [-0.39, 0.29) is 5.76 Å². The molecule has 0 bridgehead atoms. The molecule has 0 heterocycles. The Labute approximate surface area is 56.7 Å². The summed E-state index contributed by atoms with van der Waals surface area (Å²) in [4.78, 5) is 0. The van der Waals surface area contributed by atoms with Crippen LogP contribution in [0.1, 0.15) is 26.7 Å². The molecule has 0 amide bonds. The molecule has 0 atom stereocenters. The number of hydrogen-bond acceptors (Lipinski definition) is 1. The third-order valence-electron chi connectivity index (χ3n) is 0.986. The second-order valence-electron chi connectivity index (χ2n) is 2.39. The fourth-order valence-corrected chi connectivity index (χ4v) is 0.527. The van der Waals surface area contributed by atoms with Crippen LogP contribution in [-0.2, 0) is 0 Å². The second kappa shape index (κ2) is 4.19. The Hall–Kier alpha value is -0.720. The molecule has 0 aliphatic heterocycles. The van der Waals surface area contributed by atoms with Gasteiger partial charge in [0.15, 0.2) is 0 Å². The van der Waals surface area contributed by atoms with E-state index in [1.54, 1.807) is 0 Å². The first-order valence-corrected chi connectivity index (χ1v) is 3.13. The molecule has 0 saturated carbocycles. The highest BCUT2D eigenvalue weighted by Gasteiger charge is 1.84. The Balaban J connectivity index is 3.31. The van der Waals surface area contributed by atoms with E-state index in [1.807, 2.05) is 13.8 Å². The molecule has 1 heteroatoms. The van der Waals surface area contributed by atoms with Crippen LogP contribution < -0.4 is 0 Å². The molecule has 9 heavy (non-hydrogen) atoms. The van der Waals surface area contributed by atoms with Gasteiger partial charge in [0.05, 0.1) is 5.76 Å². The number of rotatable bonds is 3. The summed E-state index contributed by atoms with van der Waals surface area (Å²) in [7, 11) is 0. The first-order chi connectivity index (χ1) is 4.13. The quantitative estimate of drug-likeness (QED) is 0.455. The minimum absolute atomic E-state index is 0.271. The summed E-state index contributed by atoms with van der Waals surface area (Å²) in [5, 5.41) is 8.64. The average Bonchev–Trinajstić information content (AvgIpc) is 1.63. The molecule has 0 fully saturated rings. The lowest BCUT2D eigenvalue weighted by Crippen LogP contribution is -1.76. The van der Waals surface area contributed by atoms with Gasteiger partial charge in [-0.3, -0.25) is 0 Å². The third-order valence-corrected chi connectivity index (χ3v) is 0.986. The Morgan fingerprint density at radius 2 is 2.11 bits per heavy atom. The van der Waals surface area contributed by atoms with Gasteiger partial charge in [-0.1, -0.05) is 18.2 Å². The SMILES string of the molecule is C=C(O)CCC=C(C)C. The molecular weight excluding hydrogens is 112 g/mol. The van der Waals surface area contributed by atoms with Crippen LogP contribution in [0.5, 0.6) is 0 Å². The van der Waals surface area contributed by atoms with Gasteiger partial charge in [0.25, 0.3) is 0 Å². The van der Waals surface area contributed by atoms with Crippen molar-refractivity contribution in [3.8, 4) is 0 Å². The molecule has 0 aromatic heterocycles. The van der Waals surface area contributed by atoms with Crippen molar-refractivity contribution in [3.05, 3.63) is 24.0 Å². The highest BCUT2D eigenvalue weighted by molar-refractivity contribution is 4.95. The number of aliphatic hydroxyl groups is 1. The Morgan fingerprint density at radius 1 is 1.56 bits per heavy atom. The first kappa shape index (κ1) is 8.28. The maximum Gasteiger partial charge on any atom is 0.0854 e. The van der Waals surface area contributed by atoms with Crippen LogP contribution in [0.3, 0.4) is 0 Å². The number of allylic oxidation sites excluding steroid dienone is 3. The zero-order valence-corrected chi connectivity index (χ0v) is 6.15. The summed E-state index contributed by atoms with van der Waals surface area (Å²) >= 11 is 0. The summed E-state index contributed by atoms with van der Waals surface area (Å²) in [6.07, 6.45) is 3.67. The lowest BCUT2D eigenvalue weighted by Gasteiger charge is -1.92. The van der Waals surface area contributed by atoms with Crippen LogP contribution >= 0.6 is 0 Å². The average molecular weight is 126 g/mol. The van der Waals surface area contributed by atoms with Crippen LogP contribution in [0.4, 0.5) is 0 Å². The lowest BCUT2D eigenvalue weighted by molar-refractivity contribution is 0.392. The highest BCUT2D eigenvalue weighted by atomic mass is 16.3. The molecule has 0 rings (SSSR count). The minimum Gasteiger partial charge on any atom is -0.513 e. The van der Waals surface area contributed by atoms with E-state index in [9.17, 15) is 0 Å². The third kappa shape index (κ3) is 7.28. The summed E-state index contributed by atoms with van der Waals surface area (Å²) in [6, 6.07) is 0. The monoisotopic (exact) mass is 126 g/mol. The van der Waals surface area contributed by atoms with Gasteiger partial charge in [-0.2, -0.15) is 0 Å². The van der Waals surface area contributed by atoms with E-state index in [4.69, 9.17) is 5.11 Å². The van der Waals surface area contributed by atoms with E-state index >= 15 is 0 Å². The largest absolute Gasteiger partial charge is 0.513 e. The first-order valence-electron chi connectivity index (χ1n) is 3.13. The Morgan fingerprint density at radius 3 is 2.44 bits per heavy atom. The predicted molar refractivity (Wildman–Crippen MR) is 40.4 cm³/mol. The fraction of sp³-hybridized carbons (Fsp3) is 0.500. The van der Waals surface area contributed by atoms with Gasteiger partial charge in [-0.15, -0.1) is 0 Å². The summed E-state index contributed by atoms with van der Waals surface area (Å²) in [5.74, 6) is 0.271. The van der Waals surface area contributed by atoms with Crippen molar-refractivity contribution in [1.29, 1.82) is 0 Å². The molecule has 0 aromatic rings. The van der Waals surface area contributed by atoms with Gasteiger partial charge < -0.3 is 5.11 Å².